The van der Waals surface area contributed by atoms with E-state index in [0.717, 1.165) is 4.88 Å². The highest BCUT2D eigenvalue weighted by molar-refractivity contribution is 7.09. The summed E-state index contributed by atoms with van der Waals surface area (Å²) in [5.41, 5.74) is 1.69. The van der Waals surface area contributed by atoms with Crippen LogP contribution in [0.2, 0.25) is 0 Å². The first-order valence-electron chi connectivity index (χ1n) is 3.94. The molecular formula is C7H10ClN3O2S. The van der Waals surface area contributed by atoms with Crippen molar-refractivity contribution in [3.05, 3.63) is 16.6 Å². The summed E-state index contributed by atoms with van der Waals surface area (Å²) >= 11 is 6.64. The van der Waals surface area contributed by atoms with Gasteiger partial charge < -0.3 is 10.1 Å². The summed E-state index contributed by atoms with van der Waals surface area (Å²) < 4.78 is 4.88. The van der Waals surface area contributed by atoms with Crippen molar-refractivity contribution >= 4 is 29.2 Å². The Kier molecular flexibility index (Phi) is 5.28. The van der Waals surface area contributed by atoms with Crippen molar-refractivity contribution in [3.63, 3.8) is 0 Å². The maximum absolute atomic E-state index is 11.0. The molecule has 0 spiro atoms. The molecule has 0 aliphatic carbocycles. The molecule has 0 bridgehead atoms. The van der Waals surface area contributed by atoms with Gasteiger partial charge in [-0.25, -0.2) is 9.63 Å². The number of thiazole rings is 1. The van der Waals surface area contributed by atoms with Gasteiger partial charge in [-0.3, -0.25) is 4.98 Å². The zero-order valence-electron chi connectivity index (χ0n) is 7.33. The molecule has 1 aromatic heterocycles. The first-order chi connectivity index (χ1) is 6.83. The van der Waals surface area contributed by atoms with E-state index in [4.69, 9.17) is 16.5 Å². The second kappa shape index (κ2) is 6.58. The van der Waals surface area contributed by atoms with E-state index >= 15 is 0 Å². The summed E-state index contributed by atoms with van der Waals surface area (Å²) in [6.07, 6.45) is 1.21. The van der Waals surface area contributed by atoms with Gasteiger partial charge in [-0.15, -0.1) is 11.3 Å². The van der Waals surface area contributed by atoms with Gasteiger partial charge in [-0.05, 0) is 11.8 Å². The molecule has 0 unspecified atom stereocenters. The van der Waals surface area contributed by atoms with Crippen LogP contribution >= 0.6 is 23.1 Å². The highest BCUT2D eigenvalue weighted by atomic mass is 35.5. The van der Waals surface area contributed by atoms with Crippen LogP contribution in [-0.4, -0.2) is 24.2 Å². The van der Waals surface area contributed by atoms with Crippen molar-refractivity contribution in [2.45, 2.75) is 6.61 Å². The Morgan fingerprint density at radius 2 is 2.50 bits per heavy atom. The van der Waals surface area contributed by atoms with Gasteiger partial charge >= 0.3 is 6.09 Å². The van der Waals surface area contributed by atoms with Crippen LogP contribution in [0.5, 0.6) is 0 Å². The number of ether oxygens (including phenoxy) is 1. The number of hydrogen-bond acceptors (Lipinski definition) is 5. The molecule has 78 valence electrons. The van der Waals surface area contributed by atoms with E-state index in [-0.39, 0.29) is 6.61 Å². The molecule has 0 saturated heterocycles. The molecule has 0 atom stereocenters. The minimum atomic E-state index is -0.453. The van der Waals surface area contributed by atoms with Crippen LogP contribution in [0.25, 0.3) is 0 Å². The molecule has 14 heavy (non-hydrogen) atoms. The molecule has 5 nitrogen and oxygen atoms in total. The van der Waals surface area contributed by atoms with Gasteiger partial charge in [0.25, 0.3) is 0 Å². The van der Waals surface area contributed by atoms with Gasteiger partial charge in [0.2, 0.25) is 0 Å². The number of aromatic nitrogens is 1. The van der Waals surface area contributed by atoms with E-state index in [1.165, 1.54) is 11.3 Å². The molecule has 1 heterocycles. The van der Waals surface area contributed by atoms with Crippen LogP contribution in [0, 0.1) is 0 Å². The zero-order chi connectivity index (χ0) is 10.2. The van der Waals surface area contributed by atoms with Crippen LogP contribution in [-0.2, 0) is 11.3 Å². The topological polar surface area (TPSA) is 63.2 Å². The molecule has 0 aromatic carbocycles. The number of amides is 1. The van der Waals surface area contributed by atoms with Gasteiger partial charge in [0.15, 0.2) is 0 Å². The number of hydrogen-bond donors (Lipinski definition) is 2. The average Bonchev–Trinajstić information content (AvgIpc) is 2.68. The van der Waals surface area contributed by atoms with Crippen molar-refractivity contribution in [3.8, 4) is 0 Å². The SMILES string of the molecule is O=C(NCCNCl)OCc1cncs1. The van der Waals surface area contributed by atoms with E-state index in [0.29, 0.717) is 13.1 Å². The third-order valence-corrected chi connectivity index (χ3v) is 2.26. The highest BCUT2D eigenvalue weighted by Gasteiger charge is 2.01. The fourth-order valence-corrected chi connectivity index (χ4v) is 1.31. The second-order valence-electron chi connectivity index (χ2n) is 2.35. The lowest BCUT2D eigenvalue weighted by Crippen LogP contribution is -2.29. The summed E-state index contributed by atoms with van der Waals surface area (Å²) in [5.74, 6) is 0. The zero-order valence-corrected chi connectivity index (χ0v) is 8.90. The Balaban J connectivity index is 2.09. The maximum Gasteiger partial charge on any atom is 0.407 e. The average molecular weight is 236 g/mol. The first kappa shape index (κ1) is 11.2. The summed E-state index contributed by atoms with van der Waals surface area (Å²) in [6, 6.07) is 0. The van der Waals surface area contributed by atoms with Crippen molar-refractivity contribution in [2.75, 3.05) is 13.1 Å². The van der Waals surface area contributed by atoms with Crippen LogP contribution in [0.15, 0.2) is 11.7 Å². The fourth-order valence-electron chi connectivity index (χ4n) is 0.713. The number of carbonyl (C=O) groups excluding carboxylic acids is 1. The van der Waals surface area contributed by atoms with E-state index < -0.39 is 6.09 Å². The van der Waals surface area contributed by atoms with E-state index in [1.807, 2.05) is 0 Å². The Morgan fingerprint density at radius 1 is 1.64 bits per heavy atom. The molecular weight excluding hydrogens is 226 g/mol. The van der Waals surface area contributed by atoms with Crippen molar-refractivity contribution < 1.29 is 9.53 Å². The van der Waals surface area contributed by atoms with Crippen molar-refractivity contribution in [2.24, 2.45) is 0 Å². The smallest absolute Gasteiger partial charge is 0.407 e. The largest absolute Gasteiger partial charge is 0.444 e. The Labute approximate surface area is 90.5 Å². The second-order valence-corrected chi connectivity index (χ2v) is 3.59. The normalized spacial score (nSPS) is 9.79. The van der Waals surface area contributed by atoms with Crippen LogP contribution < -0.4 is 10.2 Å². The van der Waals surface area contributed by atoms with Crippen LogP contribution in [0.1, 0.15) is 4.88 Å². The van der Waals surface area contributed by atoms with E-state index in [2.05, 4.69) is 15.1 Å². The van der Waals surface area contributed by atoms with Gasteiger partial charge in [0.1, 0.15) is 6.61 Å². The fraction of sp³-hybridized carbons (Fsp3) is 0.429. The highest BCUT2D eigenvalue weighted by Crippen LogP contribution is 2.06. The van der Waals surface area contributed by atoms with Crippen LogP contribution in [0.3, 0.4) is 0 Å². The monoisotopic (exact) mass is 235 g/mol. The number of alkyl carbamates (subject to hydrolysis) is 1. The Morgan fingerprint density at radius 3 is 3.14 bits per heavy atom. The Bertz CT molecular complexity index is 268. The lowest BCUT2D eigenvalue weighted by Gasteiger charge is -2.04. The van der Waals surface area contributed by atoms with Crippen molar-refractivity contribution in [1.29, 1.82) is 0 Å². The number of nitrogens with zero attached hydrogens (tertiary/aromatic N) is 1. The quantitative estimate of drug-likeness (QED) is 0.593. The first-order valence-corrected chi connectivity index (χ1v) is 5.20. The molecule has 0 radical (unpaired) electrons. The summed E-state index contributed by atoms with van der Waals surface area (Å²) in [4.78, 5) is 18.1. The number of halogens is 1. The van der Waals surface area contributed by atoms with E-state index in [9.17, 15) is 4.79 Å². The lowest BCUT2D eigenvalue weighted by atomic mass is 10.6. The van der Waals surface area contributed by atoms with Gasteiger partial charge in [0, 0.05) is 19.3 Å². The number of rotatable bonds is 5. The predicted molar refractivity (Wildman–Crippen MR) is 54.2 cm³/mol. The third-order valence-electron chi connectivity index (χ3n) is 1.32. The van der Waals surface area contributed by atoms with Gasteiger partial charge in [-0.1, -0.05) is 0 Å². The maximum atomic E-state index is 11.0. The number of carbonyl (C=O) groups is 1. The molecule has 0 saturated carbocycles. The van der Waals surface area contributed by atoms with Gasteiger partial charge in [-0.2, -0.15) is 0 Å². The minimum Gasteiger partial charge on any atom is -0.444 e. The third kappa shape index (κ3) is 4.40. The molecule has 7 heteroatoms. The minimum absolute atomic E-state index is 0.255. The standard InChI is InChI=1S/C7H10ClN3O2S/c8-11-2-1-10-7(12)13-4-6-3-9-5-14-6/h3,5,11H,1-2,4H2,(H,10,12). The molecule has 0 aliphatic rings. The van der Waals surface area contributed by atoms with Gasteiger partial charge in [0.05, 0.1) is 10.4 Å². The molecule has 1 aromatic rings. The summed E-state index contributed by atoms with van der Waals surface area (Å²) in [5, 5.41) is 2.52. The summed E-state index contributed by atoms with van der Waals surface area (Å²) in [6.45, 7) is 1.19. The number of nitrogens with one attached hydrogen (secondary N) is 2. The summed E-state index contributed by atoms with van der Waals surface area (Å²) in [7, 11) is 0. The molecule has 0 aliphatic heterocycles. The molecule has 1 amide bonds. The van der Waals surface area contributed by atoms with E-state index in [1.54, 1.807) is 11.7 Å². The molecule has 0 fully saturated rings. The lowest BCUT2D eigenvalue weighted by molar-refractivity contribution is 0.141. The Hall–Kier alpha value is -0.850. The molecule has 1 rings (SSSR count). The molecule has 2 N–H and O–H groups in total. The van der Waals surface area contributed by atoms with Crippen molar-refractivity contribution in [1.82, 2.24) is 15.1 Å². The van der Waals surface area contributed by atoms with Crippen LogP contribution in [0.4, 0.5) is 4.79 Å². The predicted octanol–water partition coefficient (Wildman–Crippen LogP) is 1.11.